The van der Waals surface area contributed by atoms with Gasteiger partial charge in [-0.25, -0.2) is 14.3 Å². The van der Waals surface area contributed by atoms with Crippen molar-refractivity contribution in [2.24, 2.45) is 12.8 Å². The first-order valence-corrected chi connectivity index (χ1v) is 5.68. The van der Waals surface area contributed by atoms with Gasteiger partial charge in [0.05, 0.1) is 11.4 Å². The smallest absolute Gasteiger partial charge is 0.316 e. The van der Waals surface area contributed by atoms with Crippen LogP contribution in [0.3, 0.4) is 0 Å². The number of rotatable bonds is 2. The van der Waals surface area contributed by atoms with Crippen molar-refractivity contribution in [2.45, 2.75) is 0 Å². The Morgan fingerprint density at radius 2 is 2.26 bits per heavy atom. The van der Waals surface area contributed by atoms with Gasteiger partial charge >= 0.3 is 6.03 Å². The molecule has 0 bridgehead atoms. The molecule has 0 aliphatic carbocycles. The van der Waals surface area contributed by atoms with Crippen LogP contribution in [-0.2, 0) is 7.05 Å². The zero-order valence-corrected chi connectivity index (χ0v) is 10.2. The first-order valence-electron chi connectivity index (χ1n) is 5.68. The van der Waals surface area contributed by atoms with Crippen LogP contribution < -0.4 is 11.1 Å². The van der Waals surface area contributed by atoms with Crippen LogP contribution in [0.1, 0.15) is 0 Å². The number of hydrogen-bond acceptors (Lipinski definition) is 3. The average molecular weight is 256 g/mol. The van der Waals surface area contributed by atoms with Crippen molar-refractivity contribution in [3.05, 3.63) is 36.8 Å². The van der Waals surface area contributed by atoms with E-state index in [0.717, 1.165) is 11.4 Å². The van der Waals surface area contributed by atoms with Crippen LogP contribution in [0.25, 0.3) is 17.0 Å². The van der Waals surface area contributed by atoms with Gasteiger partial charge < -0.3 is 15.6 Å². The molecule has 3 aromatic heterocycles. The number of aryl methyl sites for hydroxylation is 1. The van der Waals surface area contributed by atoms with Gasteiger partial charge in [-0.3, -0.25) is 0 Å². The predicted molar refractivity (Wildman–Crippen MR) is 70.6 cm³/mol. The molecule has 3 aromatic rings. The Bertz CT molecular complexity index is 757. The monoisotopic (exact) mass is 256 g/mol. The summed E-state index contributed by atoms with van der Waals surface area (Å²) in [6, 6.07) is 4.99. The standard InChI is InChI=1S/C12H12N6O/c1-17-5-2-3-10(17)8-7-9(15-12(13)19)11-14-4-6-18(11)16-8/h2-7H,1H3,(H3,13,15,19). The van der Waals surface area contributed by atoms with Crippen molar-refractivity contribution in [3.8, 4) is 11.4 Å². The lowest BCUT2D eigenvalue weighted by atomic mass is 10.2. The van der Waals surface area contributed by atoms with Crippen LogP contribution in [-0.4, -0.2) is 25.2 Å². The molecular formula is C12H12N6O. The molecule has 0 radical (unpaired) electrons. The normalized spacial score (nSPS) is 10.8. The minimum Gasteiger partial charge on any atom is -0.351 e. The highest BCUT2D eigenvalue weighted by atomic mass is 16.2. The largest absolute Gasteiger partial charge is 0.351 e. The topological polar surface area (TPSA) is 90.2 Å². The van der Waals surface area contributed by atoms with Crippen molar-refractivity contribution in [1.82, 2.24) is 19.2 Å². The lowest BCUT2D eigenvalue weighted by molar-refractivity contribution is 0.259. The van der Waals surface area contributed by atoms with Crippen LogP contribution >= 0.6 is 0 Å². The van der Waals surface area contributed by atoms with E-state index in [2.05, 4.69) is 15.4 Å². The van der Waals surface area contributed by atoms with E-state index in [1.165, 1.54) is 0 Å². The minimum atomic E-state index is -0.631. The highest BCUT2D eigenvalue weighted by molar-refractivity contribution is 5.92. The van der Waals surface area contributed by atoms with Crippen LogP contribution in [0.15, 0.2) is 36.8 Å². The number of anilines is 1. The average Bonchev–Trinajstić information content (AvgIpc) is 2.96. The van der Waals surface area contributed by atoms with Crippen LogP contribution in [0.5, 0.6) is 0 Å². The van der Waals surface area contributed by atoms with E-state index in [4.69, 9.17) is 5.73 Å². The summed E-state index contributed by atoms with van der Waals surface area (Å²) in [4.78, 5) is 15.2. The maximum atomic E-state index is 11.0. The molecule has 0 aromatic carbocycles. The first kappa shape index (κ1) is 11.3. The fourth-order valence-electron chi connectivity index (χ4n) is 1.99. The Labute approximate surface area is 108 Å². The molecule has 0 unspecified atom stereocenters. The number of carbonyl (C=O) groups is 1. The number of fused-ring (bicyclic) bond motifs is 1. The van der Waals surface area contributed by atoms with Crippen molar-refractivity contribution in [3.63, 3.8) is 0 Å². The van der Waals surface area contributed by atoms with Gasteiger partial charge in [0.15, 0.2) is 5.65 Å². The molecule has 19 heavy (non-hydrogen) atoms. The number of nitrogens with two attached hydrogens (primary N) is 1. The maximum Gasteiger partial charge on any atom is 0.316 e. The molecule has 7 nitrogen and oxygen atoms in total. The SMILES string of the molecule is Cn1cccc1-c1cc(NC(N)=O)c2nccn2n1. The fourth-order valence-corrected chi connectivity index (χ4v) is 1.99. The summed E-state index contributed by atoms with van der Waals surface area (Å²) in [6.07, 6.45) is 5.26. The van der Waals surface area contributed by atoms with Gasteiger partial charge in [-0.2, -0.15) is 5.10 Å². The summed E-state index contributed by atoms with van der Waals surface area (Å²) in [5.41, 5.74) is 7.91. The molecule has 0 atom stereocenters. The fraction of sp³-hybridized carbons (Fsp3) is 0.0833. The molecule has 0 spiro atoms. The van der Waals surface area contributed by atoms with Crippen molar-refractivity contribution in [1.29, 1.82) is 0 Å². The minimum absolute atomic E-state index is 0.531. The summed E-state index contributed by atoms with van der Waals surface area (Å²) in [5, 5.41) is 7.01. The number of urea groups is 1. The van der Waals surface area contributed by atoms with Gasteiger partial charge in [0.2, 0.25) is 0 Å². The Morgan fingerprint density at radius 3 is 2.95 bits per heavy atom. The van der Waals surface area contributed by atoms with Gasteiger partial charge in [0.25, 0.3) is 0 Å². The third-order valence-electron chi connectivity index (χ3n) is 2.82. The van der Waals surface area contributed by atoms with Crippen LogP contribution in [0, 0.1) is 0 Å². The summed E-state index contributed by atoms with van der Waals surface area (Å²) in [6.45, 7) is 0. The lowest BCUT2D eigenvalue weighted by Crippen LogP contribution is -2.20. The molecule has 0 saturated carbocycles. The summed E-state index contributed by atoms with van der Waals surface area (Å²) in [5.74, 6) is 0. The van der Waals surface area contributed by atoms with Gasteiger partial charge in [0.1, 0.15) is 5.69 Å². The number of hydrogen-bond donors (Lipinski definition) is 2. The second-order valence-electron chi connectivity index (χ2n) is 4.13. The number of amides is 2. The zero-order chi connectivity index (χ0) is 13.4. The molecular weight excluding hydrogens is 244 g/mol. The van der Waals surface area contributed by atoms with Crippen LogP contribution in [0.4, 0.5) is 10.5 Å². The molecule has 0 fully saturated rings. The van der Waals surface area contributed by atoms with Crippen molar-refractivity contribution in [2.75, 3.05) is 5.32 Å². The highest BCUT2D eigenvalue weighted by Crippen LogP contribution is 2.23. The van der Waals surface area contributed by atoms with Crippen molar-refractivity contribution >= 4 is 17.4 Å². The predicted octanol–water partition coefficient (Wildman–Crippen LogP) is 1.23. The first-order chi connectivity index (χ1) is 9.15. The number of nitrogens with one attached hydrogen (secondary N) is 1. The van der Waals surface area contributed by atoms with Gasteiger partial charge in [-0.1, -0.05) is 0 Å². The van der Waals surface area contributed by atoms with Gasteiger partial charge in [0, 0.05) is 25.6 Å². The molecule has 3 heterocycles. The third kappa shape index (κ3) is 1.90. The molecule has 0 aliphatic heterocycles. The van der Waals surface area contributed by atoms with E-state index in [1.807, 2.05) is 29.9 Å². The Hall–Kier alpha value is -2.83. The number of nitrogens with zero attached hydrogens (tertiary/aromatic N) is 4. The van der Waals surface area contributed by atoms with E-state index in [-0.39, 0.29) is 0 Å². The second-order valence-corrected chi connectivity index (χ2v) is 4.13. The molecule has 0 aliphatic rings. The lowest BCUT2D eigenvalue weighted by Gasteiger charge is -2.08. The number of imidazole rings is 1. The Kier molecular flexibility index (Phi) is 2.45. The molecule has 2 amide bonds. The number of primary amides is 1. The number of aromatic nitrogens is 4. The highest BCUT2D eigenvalue weighted by Gasteiger charge is 2.11. The molecule has 7 heteroatoms. The summed E-state index contributed by atoms with van der Waals surface area (Å²) in [7, 11) is 1.93. The van der Waals surface area contributed by atoms with E-state index in [0.29, 0.717) is 11.3 Å². The Balaban J connectivity index is 2.21. The summed E-state index contributed by atoms with van der Waals surface area (Å²) >= 11 is 0. The molecule has 0 saturated heterocycles. The van der Waals surface area contributed by atoms with E-state index >= 15 is 0 Å². The quantitative estimate of drug-likeness (QED) is 0.722. The Morgan fingerprint density at radius 1 is 1.42 bits per heavy atom. The molecule has 3 N–H and O–H groups in total. The zero-order valence-electron chi connectivity index (χ0n) is 10.2. The van der Waals surface area contributed by atoms with E-state index in [1.54, 1.807) is 23.0 Å². The molecule has 3 rings (SSSR count). The van der Waals surface area contributed by atoms with Crippen LogP contribution in [0.2, 0.25) is 0 Å². The van der Waals surface area contributed by atoms with E-state index < -0.39 is 6.03 Å². The molecule has 96 valence electrons. The van der Waals surface area contributed by atoms with Gasteiger partial charge in [-0.15, -0.1) is 0 Å². The summed E-state index contributed by atoms with van der Waals surface area (Å²) < 4.78 is 3.55. The van der Waals surface area contributed by atoms with Crippen molar-refractivity contribution < 1.29 is 4.79 Å². The second kappa shape index (κ2) is 4.13. The number of carbonyl (C=O) groups excluding carboxylic acids is 1. The third-order valence-corrected chi connectivity index (χ3v) is 2.82. The van der Waals surface area contributed by atoms with Gasteiger partial charge in [-0.05, 0) is 18.2 Å². The maximum absolute atomic E-state index is 11.0. The van der Waals surface area contributed by atoms with E-state index in [9.17, 15) is 4.79 Å².